The fraction of sp³-hybridized carbons (Fsp3) is 1.00. The van der Waals surface area contributed by atoms with Gasteiger partial charge in [-0.3, -0.25) is 0 Å². The Bertz CT molecular complexity index is 255. The van der Waals surface area contributed by atoms with Crippen LogP contribution < -0.4 is 0 Å². The molecule has 14 heavy (non-hydrogen) atoms. The predicted molar refractivity (Wildman–Crippen MR) is 56.0 cm³/mol. The first kappa shape index (κ1) is 11.9. The molecule has 0 amide bonds. The predicted octanol–water partition coefficient (Wildman–Crippen LogP) is -0.122. The van der Waals surface area contributed by atoms with Gasteiger partial charge < -0.3 is 10.0 Å². The van der Waals surface area contributed by atoms with E-state index in [-0.39, 0.29) is 11.9 Å². The Morgan fingerprint density at radius 2 is 1.93 bits per heavy atom. The highest BCUT2D eigenvalue weighted by Gasteiger charge is 2.16. The van der Waals surface area contributed by atoms with E-state index >= 15 is 0 Å². The van der Waals surface area contributed by atoms with E-state index in [0.29, 0.717) is 6.42 Å². The van der Waals surface area contributed by atoms with Gasteiger partial charge in [-0.05, 0) is 25.8 Å². The lowest BCUT2D eigenvalue weighted by molar-refractivity contribution is 0.0828. The smallest absolute Gasteiger partial charge is 0.147 e. The molecule has 1 aliphatic rings. The molecule has 1 N–H and O–H groups in total. The molecule has 1 heterocycles. The number of aliphatic hydroxyl groups is 1. The second kappa shape index (κ2) is 5.09. The molecule has 0 aliphatic carbocycles. The van der Waals surface area contributed by atoms with Crippen molar-refractivity contribution in [3.8, 4) is 0 Å². The summed E-state index contributed by atoms with van der Waals surface area (Å²) in [6.07, 6.45) is 3.46. The van der Waals surface area contributed by atoms with Gasteiger partial charge in [0, 0.05) is 19.3 Å². The number of aliphatic hydroxyl groups excluding tert-OH is 1. The maximum Gasteiger partial charge on any atom is 0.147 e. The lowest BCUT2D eigenvalue weighted by Crippen LogP contribution is -2.36. The fourth-order valence-corrected chi connectivity index (χ4v) is 2.35. The number of rotatable bonds is 4. The van der Waals surface area contributed by atoms with E-state index in [9.17, 15) is 13.5 Å². The van der Waals surface area contributed by atoms with E-state index in [0.717, 1.165) is 32.5 Å². The SMILES string of the molecule is CS(=O)(=O)CCCN1CCC(O)CC1. The molecule has 1 rings (SSSR count). The Kier molecular flexibility index (Phi) is 4.34. The Hall–Kier alpha value is -0.130. The number of hydrogen-bond acceptors (Lipinski definition) is 4. The number of nitrogens with zero attached hydrogens (tertiary/aromatic N) is 1. The van der Waals surface area contributed by atoms with Crippen LogP contribution >= 0.6 is 0 Å². The third-order valence-corrected chi connectivity index (χ3v) is 3.58. The molecule has 0 radical (unpaired) electrons. The van der Waals surface area contributed by atoms with Crippen molar-refractivity contribution in [2.24, 2.45) is 0 Å². The molecule has 4 nitrogen and oxygen atoms in total. The first-order valence-corrected chi connectivity index (χ1v) is 7.11. The second-order valence-electron chi connectivity index (χ2n) is 4.06. The highest BCUT2D eigenvalue weighted by molar-refractivity contribution is 7.90. The molecule has 1 fully saturated rings. The average molecular weight is 221 g/mol. The van der Waals surface area contributed by atoms with Crippen molar-refractivity contribution in [3.05, 3.63) is 0 Å². The normalized spacial score (nSPS) is 21.3. The van der Waals surface area contributed by atoms with Crippen molar-refractivity contribution in [1.82, 2.24) is 4.90 Å². The third-order valence-electron chi connectivity index (χ3n) is 2.55. The second-order valence-corrected chi connectivity index (χ2v) is 6.32. The first-order chi connectivity index (χ1) is 6.47. The van der Waals surface area contributed by atoms with Crippen molar-refractivity contribution in [2.75, 3.05) is 31.6 Å². The van der Waals surface area contributed by atoms with Crippen LogP contribution in [0.1, 0.15) is 19.3 Å². The summed E-state index contributed by atoms with van der Waals surface area (Å²) in [5, 5.41) is 9.26. The molecule has 1 aliphatic heterocycles. The van der Waals surface area contributed by atoms with Crippen molar-refractivity contribution in [2.45, 2.75) is 25.4 Å². The van der Waals surface area contributed by atoms with Crippen LogP contribution in [0.4, 0.5) is 0 Å². The summed E-state index contributed by atoms with van der Waals surface area (Å²) < 4.78 is 21.7. The number of likely N-dealkylation sites (tertiary alicyclic amines) is 1. The topological polar surface area (TPSA) is 57.6 Å². The van der Waals surface area contributed by atoms with Crippen molar-refractivity contribution < 1.29 is 13.5 Å². The van der Waals surface area contributed by atoms with Gasteiger partial charge in [-0.25, -0.2) is 8.42 Å². The molecule has 0 spiro atoms. The number of hydrogen-bond donors (Lipinski definition) is 1. The minimum atomic E-state index is -2.81. The summed E-state index contributed by atoms with van der Waals surface area (Å²) in [5.41, 5.74) is 0. The molecule has 0 bridgehead atoms. The molecule has 0 atom stereocenters. The average Bonchev–Trinajstić information content (AvgIpc) is 2.06. The van der Waals surface area contributed by atoms with Crippen LogP contribution in [0.25, 0.3) is 0 Å². The monoisotopic (exact) mass is 221 g/mol. The molecule has 0 aromatic carbocycles. The zero-order chi connectivity index (χ0) is 10.6. The lowest BCUT2D eigenvalue weighted by atomic mass is 10.1. The van der Waals surface area contributed by atoms with Crippen LogP contribution in [0, 0.1) is 0 Å². The van der Waals surface area contributed by atoms with Gasteiger partial charge in [0.25, 0.3) is 0 Å². The fourth-order valence-electron chi connectivity index (χ4n) is 1.69. The highest BCUT2D eigenvalue weighted by Crippen LogP contribution is 2.09. The van der Waals surface area contributed by atoms with Gasteiger partial charge in [-0.2, -0.15) is 0 Å². The van der Waals surface area contributed by atoms with Gasteiger partial charge in [0.15, 0.2) is 0 Å². The van der Waals surface area contributed by atoms with Crippen LogP contribution in [0.15, 0.2) is 0 Å². The van der Waals surface area contributed by atoms with E-state index in [1.54, 1.807) is 0 Å². The van der Waals surface area contributed by atoms with E-state index in [1.165, 1.54) is 6.26 Å². The minimum Gasteiger partial charge on any atom is -0.393 e. The molecular formula is C9H19NO3S. The van der Waals surface area contributed by atoms with E-state index in [4.69, 9.17) is 0 Å². The van der Waals surface area contributed by atoms with E-state index in [1.807, 2.05) is 0 Å². The van der Waals surface area contributed by atoms with Crippen molar-refractivity contribution in [3.63, 3.8) is 0 Å². The summed E-state index contributed by atoms with van der Waals surface area (Å²) >= 11 is 0. The van der Waals surface area contributed by atoms with Gasteiger partial charge in [0.1, 0.15) is 9.84 Å². The maximum atomic E-state index is 10.9. The van der Waals surface area contributed by atoms with E-state index in [2.05, 4.69) is 4.90 Å². The van der Waals surface area contributed by atoms with Gasteiger partial charge in [0.2, 0.25) is 0 Å². The largest absolute Gasteiger partial charge is 0.393 e. The first-order valence-electron chi connectivity index (χ1n) is 5.05. The molecule has 1 saturated heterocycles. The third kappa shape index (κ3) is 4.93. The van der Waals surface area contributed by atoms with Gasteiger partial charge in [-0.1, -0.05) is 0 Å². The zero-order valence-electron chi connectivity index (χ0n) is 8.65. The zero-order valence-corrected chi connectivity index (χ0v) is 9.46. The van der Waals surface area contributed by atoms with E-state index < -0.39 is 9.84 Å². The summed E-state index contributed by atoms with van der Waals surface area (Å²) in [6.45, 7) is 2.62. The Labute approximate surface area is 85.8 Å². The van der Waals surface area contributed by atoms with Crippen molar-refractivity contribution >= 4 is 9.84 Å². The van der Waals surface area contributed by atoms with Crippen molar-refractivity contribution in [1.29, 1.82) is 0 Å². The molecular weight excluding hydrogens is 202 g/mol. The minimum absolute atomic E-state index is 0.152. The van der Waals surface area contributed by atoms with Crippen LogP contribution in [0.5, 0.6) is 0 Å². The van der Waals surface area contributed by atoms with Crippen LogP contribution in [-0.4, -0.2) is 56.2 Å². The summed E-state index contributed by atoms with van der Waals surface area (Å²) in [5.74, 6) is 0.270. The molecule has 0 unspecified atom stereocenters. The standard InChI is InChI=1S/C9H19NO3S/c1-14(12,13)8-2-5-10-6-3-9(11)4-7-10/h9,11H,2-8H2,1H3. The van der Waals surface area contributed by atoms with Gasteiger partial charge in [0.05, 0.1) is 11.9 Å². The van der Waals surface area contributed by atoms with Crippen LogP contribution in [0.2, 0.25) is 0 Å². The van der Waals surface area contributed by atoms with Gasteiger partial charge >= 0.3 is 0 Å². The molecule has 0 saturated carbocycles. The Morgan fingerprint density at radius 1 is 1.36 bits per heavy atom. The maximum absolute atomic E-state index is 10.9. The van der Waals surface area contributed by atoms with Gasteiger partial charge in [-0.15, -0.1) is 0 Å². The molecule has 0 aromatic rings. The Balaban J connectivity index is 2.14. The molecule has 0 aromatic heterocycles. The summed E-state index contributed by atoms with van der Waals surface area (Å²) in [4.78, 5) is 2.22. The summed E-state index contributed by atoms with van der Waals surface area (Å²) in [6, 6.07) is 0. The quantitative estimate of drug-likeness (QED) is 0.719. The lowest BCUT2D eigenvalue weighted by Gasteiger charge is -2.29. The number of sulfone groups is 1. The molecule has 5 heteroatoms. The highest BCUT2D eigenvalue weighted by atomic mass is 32.2. The summed E-state index contributed by atoms with van der Waals surface area (Å²) in [7, 11) is -2.81. The van der Waals surface area contributed by atoms with Crippen LogP contribution in [0.3, 0.4) is 0 Å². The Morgan fingerprint density at radius 3 is 2.43 bits per heavy atom. The van der Waals surface area contributed by atoms with Crippen LogP contribution in [-0.2, 0) is 9.84 Å². The number of piperidine rings is 1. The molecule has 84 valence electrons.